The van der Waals surface area contributed by atoms with E-state index in [1.54, 1.807) is 36.8 Å². The average Bonchev–Trinajstić information content (AvgIpc) is 3.09. The molecule has 0 spiro atoms. The zero-order valence-corrected chi connectivity index (χ0v) is 30.4. The van der Waals surface area contributed by atoms with E-state index in [1.807, 2.05) is 36.4 Å². The van der Waals surface area contributed by atoms with Gasteiger partial charge in [-0.3, -0.25) is 19.9 Å². The fourth-order valence-corrected chi connectivity index (χ4v) is 3.38. The molecule has 3 heterocycles. The summed E-state index contributed by atoms with van der Waals surface area (Å²) in [7, 11) is -12.2. The predicted molar refractivity (Wildman–Crippen MR) is 176 cm³/mol. The molecule has 0 aliphatic rings. The van der Waals surface area contributed by atoms with E-state index in [0.29, 0.717) is 53.8 Å². The maximum Gasteiger partial charge on any atom is 2.00 e. The van der Waals surface area contributed by atoms with Crippen molar-refractivity contribution in [2.45, 2.75) is 30.8 Å². The van der Waals surface area contributed by atoms with Crippen molar-refractivity contribution in [1.29, 1.82) is 0 Å². The Bertz CT molecular complexity index is 1680. The molecule has 0 amide bonds. The first-order chi connectivity index (χ1) is 24.7. The number of hydrogen-bond acceptors (Lipinski definition) is 16. The molecule has 3 rings (SSSR count). The number of pyridine rings is 3. The normalized spacial score (nSPS) is 12.4. The summed E-state index contributed by atoms with van der Waals surface area (Å²) in [6.07, 6.45) is 5.15. The summed E-state index contributed by atoms with van der Waals surface area (Å²) in [5.41, 5.74) is -7.33. The van der Waals surface area contributed by atoms with Crippen molar-refractivity contribution in [2.24, 2.45) is 15.0 Å². The van der Waals surface area contributed by atoms with Crippen LogP contribution in [0, 0.1) is 0 Å². The summed E-state index contributed by atoms with van der Waals surface area (Å²) in [5, 5.41) is 27.7. The molecule has 0 saturated heterocycles. The second-order valence-corrected chi connectivity index (χ2v) is 12.6. The van der Waals surface area contributed by atoms with E-state index in [0.717, 1.165) is 19.6 Å². The zero-order chi connectivity index (χ0) is 40.1. The molecule has 54 heavy (non-hydrogen) atoms. The molecular formula is C29H33F6FeN7O9S2. The zero-order valence-electron chi connectivity index (χ0n) is 27.7. The van der Waals surface area contributed by atoms with Crippen molar-refractivity contribution >= 4 is 38.9 Å². The SMILES string of the molecule is O=S(=O)([O-])C(F)(F)F.O=S(=O)([O-])C(F)(F)F.OCc1cccc(C=NCCN(CCN=Cc2cccc(CO)n2)CCN=Cc2cccc(CO)n2)n1.[Fe+2]. The Morgan fingerprint density at radius 3 is 1.02 bits per heavy atom. The van der Waals surface area contributed by atoms with E-state index in [9.17, 15) is 41.7 Å². The molecule has 0 radical (unpaired) electrons. The molecule has 0 aliphatic heterocycles. The summed E-state index contributed by atoms with van der Waals surface area (Å²) in [6.45, 7) is 3.60. The van der Waals surface area contributed by atoms with Gasteiger partial charge in [-0.15, -0.1) is 0 Å². The number of alkyl halides is 6. The third-order valence-electron chi connectivity index (χ3n) is 5.84. The van der Waals surface area contributed by atoms with Crippen LogP contribution >= 0.6 is 0 Å². The van der Waals surface area contributed by atoms with Crippen LogP contribution in [0.4, 0.5) is 26.3 Å². The maximum atomic E-state index is 10.7. The topological polar surface area (TPSA) is 254 Å². The minimum absolute atomic E-state index is 0. The Kier molecular flexibility index (Phi) is 22.9. The van der Waals surface area contributed by atoms with Crippen LogP contribution in [-0.4, -0.2) is 130 Å². The standard InChI is InChI=1S/C27H33N7O3.2CHF3O3S.Fe/c35-19-25-7-1-4-22(31-25)16-28-10-13-34(14-11-29-17-23-5-2-8-26(20-36)32-23)15-12-30-18-24-6-3-9-27(21-37)33-24;2*2-1(3,4)8(5,6)7;/h1-9,16-18,35-37H,10-15,19-21H2;2*(H,5,6,7);/q;;;+2/p-2. The first-order valence-corrected chi connectivity index (χ1v) is 17.5. The van der Waals surface area contributed by atoms with Crippen LogP contribution in [0.5, 0.6) is 0 Å². The van der Waals surface area contributed by atoms with E-state index in [1.165, 1.54) is 0 Å². The average molecular weight is 858 g/mol. The van der Waals surface area contributed by atoms with Gasteiger partial charge in [0.05, 0.1) is 73.6 Å². The van der Waals surface area contributed by atoms with E-state index in [-0.39, 0.29) is 36.9 Å². The molecule has 0 fully saturated rings. The Morgan fingerprint density at radius 1 is 0.574 bits per heavy atom. The summed E-state index contributed by atoms with van der Waals surface area (Å²) >= 11 is 0. The molecule has 0 unspecified atom stereocenters. The van der Waals surface area contributed by atoms with Crippen LogP contribution in [0.3, 0.4) is 0 Å². The molecular weight excluding hydrogens is 824 g/mol. The first-order valence-electron chi connectivity index (χ1n) is 14.7. The molecule has 3 aromatic heterocycles. The van der Waals surface area contributed by atoms with Gasteiger partial charge in [0.15, 0.2) is 20.2 Å². The van der Waals surface area contributed by atoms with Crippen LogP contribution in [0.1, 0.15) is 34.2 Å². The molecule has 3 aromatic rings. The number of aromatic nitrogens is 3. The Labute approximate surface area is 316 Å². The Balaban J connectivity index is 0.00000138. The second kappa shape index (κ2) is 24.6. The number of aliphatic hydroxyl groups is 3. The number of aliphatic hydroxyl groups excluding tert-OH is 3. The molecule has 0 atom stereocenters. The Hall–Kier alpha value is -3.78. The van der Waals surface area contributed by atoms with Gasteiger partial charge in [0.1, 0.15) is 0 Å². The van der Waals surface area contributed by atoms with Gasteiger partial charge in [0, 0.05) is 38.3 Å². The fourth-order valence-electron chi connectivity index (χ4n) is 3.38. The quantitative estimate of drug-likeness (QED) is 0.0644. The van der Waals surface area contributed by atoms with Crippen LogP contribution < -0.4 is 0 Å². The smallest absolute Gasteiger partial charge is 0.741 e. The van der Waals surface area contributed by atoms with Gasteiger partial charge in [-0.05, 0) is 36.4 Å². The summed E-state index contributed by atoms with van der Waals surface area (Å²) in [5.74, 6) is 0. The molecule has 0 saturated carbocycles. The molecule has 25 heteroatoms. The molecule has 3 N–H and O–H groups in total. The maximum absolute atomic E-state index is 10.7. The third kappa shape index (κ3) is 21.2. The first kappa shape index (κ1) is 50.2. The fraction of sp³-hybridized carbons (Fsp3) is 0.379. The minimum atomic E-state index is -6.09. The van der Waals surface area contributed by atoms with Crippen molar-refractivity contribution in [1.82, 2.24) is 19.9 Å². The van der Waals surface area contributed by atoms with Gasteiger partial charge < -0.3 is 24.4 Å². The van der Waals surface area contributed by atoms with Crippen molar-refractivity contribution in [3.63, 3.8) is 0 Å². The van der Waals surface area contributed by atoms with E-state index in [2.05, 4.69) is 34.8 Å². The van der Waals surface area contributed by atoms with Gasteiger partial charge in [0.25, 0.3) is 0 Å². The third-order valence-corrected chi connectivity index (χ3v) is 6.98. The number of nitrogens with zero attached hydrogens (tertiary/aromatic N) is 7. The monoisotopic (exact) mass is 857 g/mol. The van der Waals surface area contributed by atoms with Crippen molar-refractivity contribution < 1.29 is 84.7 Å². The van der Waals surface area contributed by atoms with Gasteiger partial charge in [0.2, 0.25) is 0 Å². The van der Waals surface area contributed by atoms with Crippen LogP contribution in [-0.2, 0) is 57.1 Å². The van der Waals surface area contributed by atoms with E-state index in [4.69, 9.17) is 25.9 Å². The van der Waals surface area contributed by atoms with Gasteiger partial charge in [-0.25, -0.2) is 31.8 Å². The molecule has 0 aromatic carbocycles. The summed E-state index contributed by atoms with van der Waals surface area (Å²) in [6, 6.07) is 16.4. The summed E-state index contributed by atoms with van der Waals surface area (Å²) in [4.78, 5) is 28.7. The van der Waals surface area contributed by atoms with Crippen molar-refractivity contribution in [3.05, 3.63) is 88.8 Å². The largest absolute Gasteiger partial charge is 2.00 e. The van der Waals surface area contributed by atoms with Gasteiger partial charge in [-0.1, -0.05) is 18.2 Å². The minimum Gasteiger partial charge on any atom is -0.741 e. The number of halogens is 6. The van der Waals surface area contributed by atoms with Crippen LogP contribution in [0.15, 0.2) is 69.6 Å². The molecule has 0 bridgehead atoms. The Morgan fingerprint density at radius 2 is 0.815 bits per heavy atom. The van der Waals surface area contributed by atoms with Gasteiger partial charge >= 0.3 is 28.1 Å². The molecule has 16 nitrogen and oxygen atoms in total. The van der Waals surface area contributed by atoms with E-state index >= 15 is 0 Å². The van der Waals surface area contributed by atoms with Crippen molar-refractivity contribution in [3.8, 4) is 0 Å². The van der Waals surface area contributed by atoms with Crippen molar-refractivity contribution in [2.75, 3.05) is 39.3 Å². The summed E-state index contributed by atoms with van der Waals surface area (Å²) < 4.78 is 118. The molecule has 300 valence electrons. The number of hydrogen-bond donors (Lipinski definition) is 3. The number of aliphatic imine (C=N–C) groups is 3. The van der Waals surface area contributed by atoms with Crippen LogP contribution in [0.2, 0.25) is 0 Å². The van der Waals surface area contributed by atoms with Crippen LogP contribution in [0.25, 0.3) is 0 Å². The second-order valence-electron chi connectivity index (χ2n) is 9.88. The van der Waals surface area contributed by atoms with Gasteiger partial charge in [-0.2, -0.15) is 26.3 Å². The molecule has 0 aliphatic carbocycles. The van der Waals surface area contributed by atoms with E-state index < -0.39 is 31.3 Å². The number of rotatable bonds is 15. The predicted octanol–water partition coefficient (Wildman–Crippen LogP) is 1.41.